The SMILES string of the molecule is COc1cc2nc(C(C)N3CC(C)CC(C)C3)[nH]c2cc1OC. The van der Waals surface area contributed by atoms with Crippen LogP contribution >= 0.6 is 0 Å². The Morgan fingerprint density at radius 3 is 2.35 bits per heavy atom. The third-order valence-electron chi connectivity index (χ3n) is 4.85. The first-order valence-electron chi connectivity index (χ1n) is 8.37. The standard InChI is InChI=1S/C18H27N3O2/c1-11-6-12(2)10-21(9-11)13(3)18-19-14-7-16(22-4)17(23-5)8-15(14)20-18/h7-8,11-13H,6,9-10H2,1-5H3,(H,19,20). The summed E-state index contributed by atoms with van der Waals surface area (Å²) in [5.74, 6) is 3.93. The lowest BCUT2D eigenvalue weighted by Gasteiger charge is -2.38. The third kappa shape index (κ3) is 3.15. The van der Waals surface area contributed by atoms with Crippen molar-refractivity contribution in [2.24, 2.45) is 11.8 Å². The van der Waals surface area contributed by atoms with Crippen molar-refractivity contribution < 1.29 is 9.47 Å². The zero-order valence-corrected chi connectivity index (χ0v) is 14.7. The van der Waals surface area contributed by atoms with Gasteiger partial charge in [0.15, 0.2) is 11.5 Å². The van der Waals surface area contributed by atoms with Crippen LogP contribution in [0, 0.1) is 11.8 Å². The van der Waals surface area contributed by atoms with Crippen molar-refractivity contribution >= 4 is 11.0 Å². The Balaban J connectivity index is 1.90. The van der Waals surface area contributed by atoms with Gasteiger partial charge < -0.3 is 14.5 Å². The molecule has 0 bridgehead atoms. The fraction of sp³-hybridized carbons (Fsp3) is 0.611. The molecule has 1 fully saturated rings. The highest BCUT2D eigenvalue weighted by Crippen LogP contribution is 2.33. The van der Waals surface area contributed by atoms with Gasteiger partial charge in [-0.3, -0.25) is 4.90 Å². The van der Waals surface area contributed by atoms with Gasteiger partial charge >= 0.3 is 0 Å². The molecule has 0 amide bonds. The van der Waals surface area contributed by atoms with Crippen molar-refractivity contribution in [1.29, 1.82) is 0 Å². The molecule has 126 valence electrons. The van der Waals surface area contributed by atoms with Gasteiger partial charge in [-0.15, -0.1) is 0 Å². The molecule has 0 saturated carbocycles. The molecule has 1 aromatic carbocycles. The summed E-state index contributed by atoms with van der Waals surface area (Å²) < 4.78 is 10.7. The van der Waals surface area contributed by atoms with E-state index < -0.39 is 0 Å². The number of methoxy groups -OCH3 is 2. The van der Waals surface area contributed by atoms with Crippen molar-refractivity contribution in [3.8, 4) is 11.5 Å². The molecule has 2 aromatic rings. The number of piperidine rings is 1. The lowest BCUT2D eigenvalue weighted by atomic mass is 9.91. The summed E-state index contributed by atoms with van der Waals surface area (Å²) in [6.45, 7) is 9.18. The van der Waals surface area contributed by atoms with E-state index in [0.717, 1.165) is 47.5 Å². The van der Waals surface area contributed by atoms with Crippen LogP contribution in [0.1, 0.15) is 39.1 Å². The van der Waals surface area contributed by atoms with E-state index in [1.54, 1.807) is 14.2 Å². The minimum Gasteiger partial charge on any atom is -0.493 e. The molecule has 3 rings (SSSR count). The molecule has 3 atom stereocenters. The predicted molar refractivity (Wildman–Crippen MR) is 92.1 cm³/mol. The maximum absolute atomic E-state index is 5.38. The summed E-state index contributed by atoms with van der Waals surface area (Å²) in [4.78, 5) is 10.8. The summed E-state index contributed by atoms with van der Waals surface area (Å²) >= 11 is 0. The Labute approximate surface area is 138 Å². The molecule has 23 heavy (non-hydrogen) atoms. The number of nitrogens with one attached hydrogen (secondary N) is 1. The highest BCUT2D eigenvalue weighted by Gasteiger charge is 2.27. The maximum Gasteiger partial charge on any atom is 0.163 e. The quantitative estimate of drug-likeness (QED) is 0.936. The van der Waals surface area contributed by atoms with E-state index in [4.69, 9.17) is 14.5 Å². The molecule has 1 aliphatic rings. The van der Waals surface area contributed by atoms with Crippen LogP contribution in [0.25, 0.3) is 11.0 Å². The van der Waals surface area contributed by atoms with Gasteiger partial charge in [0, 0.05) is 25.2 Å². The first-order valence-corrected chi connectivity index (χ1v) is 8.37. The molecule has 0 spiro atoms. The highest BCUT2D eigenvalue weighted by atomic mass is 16.5. The van der Waals surface area contributed by atoms with Crippen molar-refractivity contribution in [2.75, 3.05) is 27.3 Å². The number of rotatable bonds is 4. The molecule has 1 N–H and O–H groups in total. The number of hydrogen-bond donors (Lipinski definition) is 1. The molecule has 1 saturated heterocycles. The third-order valence-corrected chi connectivity index (χ3v) is 4.85. The smallest absolute Gasteiger partial charge is 0.163 e. The Hall–Kier alpha value is -1.75. The van der Waals surface area contributed by atoms with Crippen molar-refractivity contribution in [2.45, 2.75) is 33.2 Å². The number of nitrogens with zero attached hydrogens (tertiary/aromatic N) is 2. The topological polar surface area (TPSA) is 50.4 Å². The number of benzene rings is 1. The average Bonchev–Trinajstić information content (AvgIpc) is 2.94. The van der Waals surface area contributed by atoms with E-state index in [2.05, 4.69) is 30.7 Å². The van der Waals surface area contributed by atoms with Crippen LogP contribution in [0.5, 0.6) is 11.5 Å². The molecule has 5 heteroatoms. The summed E-state index contributed by atoms with van der Waals surface area (Å²) in [7, 11) is 3.30. The van der Waals surface area contributed by atoms with Gasteiger partial charge in [0.05, 0.1) is 31.3 Å². The van der Waals surface area contributed by atoms with Gasteiger partial charge in [-0.1, -0.05) is 13.8 Å². The number of aromatic nitrogens is 2. The second kappa shape index (κ2) is 6.40. The van der Waals surface area contributed by atoms with Crippen LogP contribution in [-0.2, 0) is 0 Å². The van der Waals surface area contributed by atoms with Gasteiger partial charge in [-0.2, -0.15) is 0 Å². The fourth-order valence-electron chi connectivity index (χ4n) is 3.75. The van der Waals surface area contributed by atoms with E-state index in [9.17, 15) is 0 Å². The first kappa shape index (κ1) is 16.1. The first-order chi connectivity index (χ1) is 11.0. The van der Waals surface area contributed by atoms with Crippen molar-refractivity contribution in [3.05, 3.63) is 18.0 Å². The summed E-state index contributed by atoms with van der Waals surface area (Å²) in [5, 5.41) is 0. The Kier molecular flexibility index (Phi) is 4.48. The van der Waals surface area contributed by atoms with Crippen LogP contribution < -0.4 is 9.47 Å². The minimum atomic E-state index is 0.282. The number of likely N-dealkylation sites (tertiary alicyclic amines) is 1. The van der Waals surface area contributed by atoms with Gasteiger partial charge in [-0.05, 0) is 25.2 Å². The summed E-state index contributed by atoms with van der Waals surface area (Å²) in [5.41, 5.74) is 1.91. The predicted octanol–water partition coefficient (Wildman–Crippen LogP) is 3.62. The molecular weight excluding hydrogens is 290 g/mol. The van der Waals surface area contributed by atoms with E-state index in [1.165, 1.54) is 6.42 Å². The Bertz CT molecular complexity index is 631. The number of imidazole rings is 1. The molecule has 2 heterocycles. The normalized spacial score (nSPS) is 23.9. The average molecular weight is 317 g/mol. The van der Waals surface area contributed by atoms with Crippen LogP contribution in [0.3, 0.4) is 0 Å². The largest absolute Gasteiger partial charge is 0.493 e. The fourth-order valence-corrected chi connectivity index (χ4v) is 3.75. The van der Waals surface area contributed by atoms with Gasteiger partial charge in [-0.25, -0.2) is 4.98 Å². The van der Waals surface area contributed by atoms with Crippen LogP contribution in [0.4, 0.5) is 0 Å². The number of hydrogen-bond acceptors (Lipinski definition) is 4. The molecule has 5 nitrogen and oxygen atoms in total. The van der Waals surface area contributed by atoms with E-state index in [-0.39, 0.29) is 6.04 Å². The zero-order valence-electron chi connectivity index (χ0n) is 14.7. The van der Waals surface area contributed by atoms with E-state index >= 15 is 0 Å². The van der Waals surface area contributed by atoms with Crippen LogP contribution in [-0.4, -0.2) is 42.2 Å². The van der Waals surface area contributed by atoms with Crippen LogP contribution in [0.2, 0.25) is 0 Å². The number of ether oxygens (including phenoxy) is 2. The number of H-pyrrole nitrogens is 1. The van der Waals surface area contributed by atoms with Crippen LogP contribution in [0.15, 0.2) is 12.1 Å². The van der Waals surface area contributed by atoms with Crippen molar-refractivity contribution in [1.82, 2.24) is 14.9 Å². The zero-order chi connectivity index (χ0) is 16.6. The maximum atomic E-state index is 5.38. The number of fused-ring (bicyclic) bond motifs is 1. The van der Waals surface area contributed by atoms with E-state index in [0.29, 0.717) is 5.75 Å². The molecule has 1 aliphatic heterocycles. The molecule has 0 radical (unpaired) electrons. The van der Waals surface area contributed by atoms with Crippen molar-refractivity contribution in [3.63, 3.8) is 0 Å². The molecule has 1 aromatic heterocycles. The summed E-state index contributed by atoms with van der Waals surface area (Å²) in [6.07, 6.45) is 1.32. The van der Waals surface area contributed by atoms with Gasteiger partial charge in [0.1, 0.15) is 5.82 Å². The lowest BCUT2D eigenvalue weighted by Crippen LogP contribution is -2.40. The van der Waals surface area contributed by atoms with E-state index in [1.807, 2.05) is 12.1 Å². The van der Waals surface area contributed by atoms with Gasteiger partial charge in [0.2, 0.25) is 0 Å². The lowest BCUT2D eigenvalue weighted by molar-refractivity contribution is 0.0997. The molecular formula is C18H27N3O2. The summed E-state index contributed by atoms with van der Waals surface area (Å²) in [6, 6.07) is 4.17. The second-order valence-electron chi connectivity index (χ2n) is 6.92. The monoisotopic (exact) mass is 317 g/mol. The number of aromatic amines is 1. The molecule has 3 unspecified atom stereocenters. The Morgan fingerprint density at radius 2 is 1.74 bits per heavy atom. The van der Waals surface area contributed by atoms with Gasteiger partial charge in [0.25, 0.3) is 0 Å². The minimum absolute atomic E-state index is 0.282. The second-order valence-corrected chi connectivity index (χ2v) is 6.92. The highest BCUT2D eigenvalue weighted by molar-refractivity contribution is 5.79. The Morgan fingerprint density at radius 1 is 1.13 bits per heavy atom. The molecule has 0 aliphatic carbocycles.